The number of urea groups is 1. The fourth-order valence-corrected chi connectivity index (χ4v) is 4.85. The molecule has 0 unspecified atom stereocenters. The van der Waals surface area contributed by atoms with Gasteiger partial charge in [0.2, 0.25) is 11.8 Å². The number of rotatable bonds is 6. The molecule has 0 spiro atoms. The van der Waals surface area contributed by atoms with Crippen molar-refractivity contribution in [2.24, 2.45) is 11.3 Å². The summed E-state index contributed by atoms with van der Waals surface area (Å²) in [6, 6.07) is 5.02. The van der Waals surface area contributed by atoms with E-state index in [-0.39, 0.29) is 37.3 Å². The summed E-state index contributed by atoms with van der Waals surface area (Å²) < 4.78 is 4.80. The first-order valence-electron chi connectivity index (χ1n) is 12.9. The van der Waals surface area contributed by atoms with Gasteiger partial charge >= 0.3 is 12.0 Å². The lowest BCUT2D eigenvalue weighted by molar-refractivity contribution is -0.146. The number of esters is 1. The van der Waals surface area contributed by atoms with Crippen LogP contribution in [-0.4, -0.2) is 83.7 Å². The number of aliphatic hydroxyl groups excluding tert-OH is 1. The number of amides is 4. The molecule has 2 saturated heterocycles. The molecule has 0 radical (unpaired) electrons. The molecule has 10 nitrogen and oxygen atoms in total. The topological polar surface area (TPSA) is 128 Å². The molecule has 1 aromatic carbocycles. The molecule has 0 aromatic heterocycles. The van der Waals surface area contributed by atoms with Gasteiger partial charge in [-0.3, -0.25) is 14.4 Å². The number of methoxy groups -OCH3 is 1. The quantitative estimate of drug-likeness (QED) is 0.378. The highest BCUT2D eigenvalue weighted by Gasteiger charge is 2.45. The van der Waals surface area contributed by atoms with Gasteiger partial charge in [-0.05, 0) is 36.0 Å². The number of terminal acetylenes is 1. The second-order valence-electron chi connectivity index (χ2n) is 11.0. The summed E-state index contributed by atoms with van der Waals surface area (Å²) >= 11 is 0. The van der Waals surface area contributed by atoms with Gasteiger partial charge < -0.3 is 30.3 Å². The minimum Gasteiger partial charge on any atom is -0.469 e. The van der Waals surface area contributed by atoms with Crippen molar-refractivity contribution in [3.05, 3.63) is 35.4 Å². The molecule has 10 heteroatoms. The first-order chi connectivity index (χ1) is 17.9. The number of carbonyl (C=O) groups is 4. The van der Waals surface area contributed by atoms with Gasteiger partial charge in [0.25, 0.3) is 0 Å². The van der Waals surface area contributed by atoms with E-state index in [2.05, 4.69) is 16.6 Å². The number of hydrogen-bond acceptors (Lipinski definition) is 6. The van der Waals surface area contributed by atoms with E-state index >= 15 is 0 Å². The molecule has 3 rings (SSSR count). The zero-order valence-electron chi connectivity index (χ0n) is 22.5. The monoisotopic (exact) mass is 526 g/mol. The van der Waals surface area contributed by atoms with Crippen molar-refractivity contribution < 1.29 is 29.0 Å². The molecule has 3 N–H and O–H groups in total. The maximum Gasteiger partial charge on any atom is 0.318 e. The van der Waals surface area contributed by atoms with E-state index in [4.69, 9.17) is 11.2 Å². The number of aliphatic hydroxyl groups is 1. The molecule has 0 saturated carbocycles. The SMILES string of the molecule is C#Cc1ccc(CNC(=O)[C@@H]2C[C@@H](O)CN2C(=O)[C@@H](NC(=O)N2CCC(C(=O)OC)CC2)C(C)(C)C)cc1. The van der Waals surface area contributed by atoms with E-state index in [0.717, 1.165) is 11.1 Å². The summed E-state index contributed by atoms with van der Waals surface area (Å²) in [5, 5.41) is 16.0. The Bertz CT molecular complexity index is 1070. The fraction of sp³-hybridized carbons (Fsp3) is 0.571. The van der Waals surface area contributed by atoms with E-state index in [1.807, 2.05) is 32.9 Å². The predicted octanol–water partition coefficient (Wildman–Crippen LogP) is 1.26. The van der Waals surface area contributed by atoms with Crippen molar-refractivity contribution in [3.8, 4) is 12.3 Å². The van der Waals surface area contributed by atoms with Crippen LogP contribution in [0.2, 0.25) is 0 Å². The summed E-state index contributed by atoms with van der Waals surface area (Å²) in [5.41, 5.74) is 0.924. The summed E-state index contributed by atoms with van der Waals surface area (Å²) in [7, 11) is 1.35. The molecular formula is C28H38N4O6. The van der Waals surface area contributed by atoms with Gasteiger partial charge in [-0.1, -0.05) is 38.8 Å². The highest BCUT2D eigenvalue weighted by molar-refractivity contribution is 5.93. The molecule has 3 atom stereocenters. The van der Waals surface area contributed by atoms with Crippen LogP contribution >= 0.6 is 0 Å². The van der Waals surface area contributed by atoms with Crippen LogP contribution < -0.4 is 10.6 Å². The standard InChI is InChI=1S/C28H38N4O6/c1-6-18-7-9-19(10-8-18)16-29-24(34)22-15-21(33)17-32(22)25(35)23(28(2,3)4)30-27(37)31-13-11-20(12-14-31)26(36)38-5/h1,7-10,20-23,33H,11-17H2,2-5H3,(H,29,34)(H,30,37)/t21-,22+,23-/m1/s1. The first-order valence-corrected chi connectivity index (χ1v) is 12.9. The van der Waals surface area contributed by atoms with Crippen LogP contribution in [0.4, 0.5) is 4.79 Å². The molecule has 0 bridgehead atoms. The van der Waals surface area contributed by atoms with Crippen LogP contribution in [0.15, 0.2) is 24.3 Å². The van der Waals surface area contributed by atoms with Gasteiger partial charge in [-0.2, -0.15) is 0 Å². The normalized spacial score (nSPS) is 20.8. The predicted molar refractivity (Wildman–Crippen MR) is 140 cm³/mol. The summed E-state index contributed by atoms with van der Waals surface area (Å²) in [6.45, 7) is 6.49. The Hall–Kier alpha value is -3.58. The van der Waals surface area contributed by atoms with Crippen molar-refractivity contribution in [2.75, 3.05) is 26.7 Å². The molecule has 2 fully saturated rings. The molecule has 2 aliphatic heterocycles. The first kappa shape index (κ1) is 29.0. The number of β-amino-alcohol motifs (C(OH)–C–C–N with tert-alkyl or cyclic N) is 1. The average molecular weight is 527 g/mol. The van der Waals surface area contributed by atoms with Crippen molar-refractivity contribution in [1.29, 1.82) is 0 Å². The Labute approximate surface area is 224 Å². The third-order valence-corrected chi connectivity index (χ3v) is 7.15. The molecule has 1 aromatic rings. The second-order valence-corrected chi connectivity index (χ2v) is 11.0. The minimum atomic E-state index is -0.926. The smallest absolute Gasteiger partial charge is 0.318 e. The molecule has 38 heavy (non-hydrogen) atoms. The molecule has 2 heterocycles. The maximum absolute atomic E-state index is 13.7. The maximum atomic E-state index is 13.7. The Kier molecular flexibility index (Phi) is 9.39. The van der Waals surface area contributed by atoms with Gasteiger partial charge in [0.05, 0.1) is 19.1 Å². The van der Waals surface area contributed by atoms with Crippen molar-refractivity contribution in [3.63, 3.8) is 0 Å². The molecule has 2 aliphatic rings. The second kappa shape index (κ2) is 12.3. The van der Waals surface area contributed by atoms with Gasteiger partial charge in [0, 0.05) is 38.2 Å². The lowest BCUT2D eigenvalue weighted by Gasteiger charge is -2.37. The number of hydrogen-bond donors (Lipinski definition) is 3. The number of nitrogens with zero attached hydrogens (tertiary/aromatic N) is 2. The van der Waals surface area contributed by atoms with Gasteiger partial charge in [-0.15, -0.1) is 6.42 Å². The molecule has 0 aliphatic carbocycles. The number of carbonyl (C=O) groups excluding carboxylic acids is 4. The van der Waals surface area contributed by atoms with Gasteiger partial charge in [0.15, 0.2) is 0 Å². The number of ether oxygens (including phenoxy) is 1. The van der Waals surface area contributed by atoms with Gasteiger partial charge in [-0.25, -0.2) is 4.79 Å². The molecule has 206 valence electrons. The Morgan fingerprint density at radius 2 is 1.79 bits per heavy atom. The Balaban J connectivity index is 1.66. The summed E-state index contributed by atoms with van der Waals surface area (Å²) in [6.07, 6.45) is 5.62. The highest BCUT2D eigenvalue weighted by Crippen LogP contribution is 2.27. The zero-order valence-corrected chi connectivity index (χ0v) is 22.5. The van der Waals surface area contributed by atoms with Crippen molar-refractivity contribution in [2.45, 2.75) is 64.8 Å². The van der Waals surface area contributed by atoms with Crippen LogP contribution in [-0.2, 0) is 25.7 Å². The highest BCUT2D eigenvalue weighted by atomic mass is 16.5. The largest absolute Gasteiger partial charge is 0.469 e. The van der Waals surface area contributed by atoms with Gasteiger partial charge in [0.1, 0.15) is 12.1 Å². The van der Waals surface area contributed by atoms with E-state index < -0.39 is 35.5 Å². The van der Waals surface area contributed by atoms with Crippen molar-refractivity contribution >= 4 is 23.8 Å². The van der Waals surface area contributed by atoms with E-state index in [1.54, 1.807) is 17.0 Å². The Morgan fingerprint density at radius 1 is 1.16 bits per heavy atom. The van der Waals surface area contributed by atoms with Crippen LogP contribution in [0.5, 0.6) is 0 Å². The van der Waals surface area contributed by atoms with Crippen molar-refractivity contribution in [1.82, 2.24) is 20.4 Å². The fourth-order valence-electron chi connectivity index (χ4n) is 4.85. The summed E-state index contributed by atoms with van der Waals surface area (Å²) in [4.78, 5) is 54.6. The third-order valence-electron chi connectivity index (χ3n) is 7.15. The van der Waals surface area contributed by atoms with Crippen LogP contribution in [0, 0.1) is 23.7 Å². The lowest BCUT2D eigenvalue weighted by atomic mass is 9.85. The molecule has 4 amide bonds. The van der Waals surface area contributed by atoms with Crippen LogP contribution in [0.3, 0.4) is 0 Å². The minimum absolute atomic E-state index is 0.000754. The average Bonchev–Trinajstić information content (AvgIpc) is 3.30. The number of likely N-dealkylation sites (tertiary alicyclic amines) is 2. The third kappa shape index (κ3) is 7.04. The van der Waals surface area contributed by atoms with E-state index in [9.17, 15) is 24.3 Å². The summed E-state index contributed by atoms with van der Waals surface area (Å²) in [5.74, 6) is 1.21. The number of nitrogens with one attached hydrogen (secondary N) is 2. The number of benzene rings is 1. The molecular weight excluding hydrogens is 488 g/mol. The lowest BCUT2D eigenvalue weighted by Crippen LogP contribution is -2.60. The van der Waals surface area contributed by atoms with E-state index in [0.29, 0.717) is 25.9 Å². The zero-order chi connectivity index (χ0) is 28.0. The van der Waals surface area contributed by atoms with Crippen LogP contribution in [0.25, 0.3) is 0 Å². The van der Waals surface area contributed by atoms with Crippen LogP contribution in [0.1, 0.15) is 51.2 Å². The van der Waals surface area contributed by atoms with E-state index in [1.165, 1.54) is 12.0 Å². The Morgan fingerprint density at radius 3 is 2.34 bits per heavy atom. The number of piperidine rings is 1.